The fourth-order valence-electron chi connectivity index (χ4n) is 1.31. The summed E-state index contributed by atoms with van der Waals surface area (Å²) in [5.74, 6) is -0.0229. The largest absolute Gasteiger partial charge is 0.384 e. The summed E-state index contributed by atoms with van der Waals surface area (Å²) in [5, 5.41) is 10.2. The van der Waals surface area contributed by atoms with Crippen LogP contribution in [0.2, 0.25) is 0 Å². The molecule has 1 unspecified atom stereocenters. The first-order valence-corrected chi connectivity index (χ1v) is 5.95. The summed E-state index contributed by atoms with van der Waals surface area (Å²) < 4.78 is -1.53. The highest BCUT2D eigenvalue weighted by molar-refractivity contribution is 6.67. The monoisotopic (exact) mass is 286 g/mol. The molecule has 5 heteroatoms. The zero-order valence-electron chi connectivity index (χ0n) is 7.76. The van der Waals surface area contributed by atoms with Gasteiger partial charge < -0.3 is 5.11 Å². The van der Waals surface area contributed by atoms with Gasteiger partial charge in [-0.3, -0.25) is 0 Å². The minimum Gasteiger partial charge on any atom is -0.384 e. The molecule has 0 aliphatic carbocycles. The van der Waals surface area contributed by atoms with E-state index in [1.54, 1.807) is 24.3 Å². The first-order valence-electron chi connectivity index (χ1n) is 4.28. The molecule has 0 saturated carbocycles. The van der Waals surface area contributed by atoms with Crippen LogP contribution in [0, 0.1) is 0 Å². The highest BCUT2D eigenvalue weighted by atomic mass is 35.6. The van der Waals surface area contributed by atoms with Crippen molar-refractivity contribution < 1.29 is 5.11 Å². The highest BCUT2D eigenvalue weighted by Crippen LogP contribution is 2.40. The van der Waals surface area contributed by atoms with Crippen molar-refractivity contribution in [3.05, 3.63) is 35.9 Å². The standard InChI is InChI=1S/C10H10Cl4O/c11-7-9(15,6-10(12,13)14)8-4-2-1-3-5-8/h1-5,15H,6-7H2. The van der Waals surface area contributed by atoms with Gasteiger partial charge >= 0.3 is 0 Å². The highest BCUT2D eigenvalue weighted by Gasteiger charge is 2.37. The van der Waals surface area contributed by atoms with E-state index in [-0.39, 0.29) is 12.3 Å². The van der Waals surface area contributed by atoms with Crippen LogP contribution in [0.1, 0.15) is 12.0 Å². The molecule has 1 N–H and O–H groups in total. The van der Waals surface area contributed by atoms with Crippen molar-refractivity contribution in [1.82, 2.24) is 0 Å². The molecule has 1 atom stereocenters. The van der Waals surface area contributed by atoms with E-state index >= 15 is 0 Å². The van der Waals surface area contributed by atoms with Gasteiger partial charge in [-0.05, 0) is 5.56 Å². The van der Waals surface area contributed by atoms with Gasteiger partial charge in [-0.1, -0.05) is 65.1 Å². The summed E-state index contributed by atoms with van der Waals surface area (Å²) in [4.78, 5) is 0. The van der Waals surface area contributed by atoms with Crippen molar-refractivity contribution >= 4 is 46.4 Å². The van der Waals surface area contributed by atoms with Crippen LogP contribution in [0.3, 0.4) is 0 Å². The van der Waals surface area contributed by atoms with Crippen LogP contribution in [0.4, 0.5) is 0 Å². The van der Waals surface area contributed by atoms with Gasteiger partial charge in [-0.15, -0.1) is 11.6 Å². The van der Waals surface area contributed by atoms with E-state index in [2.05, 4.69) is 0 Å². The Balaban J connectivity index is 2.96. The molecule has 15 heavy (non-hydrogen) atoms. The fourth-order valence-corrected chi connectivity index (χ4v) is 2.22. The van der Waals surface area contributed by atoms with E-state index in [0.29, 0.717) is 5.56 Å². The molecule has 0 bridgehead atoms. The van der Waals surface area contributed by atoms with Gasteiger partial charge in [0, 0.05) is 6.42 Å². The van der Waals surface area contributed by atoms with Crippen LogP contribution in [-0.2, 0) is 5.60 Å². The summed E-state index contributed by atoms with van der Waals surface area (Å²) >= 11 is 22.7. The Kier molecular flexibility index (Phi) is 4.57. The number of alkyl halides is 4. The summed E-state index contributed by atoms with van der Waals surface area (Å²) in [6.45, 7) is 0. The molecular formula is C10H10Cl4O. The molecule has 0 aromatic heterocycles. The van der Waals surface area contributed by atoms with Crippen LogP contribution in [0.5, 0.6) is 0 Å². The maximum atomic E-state index is 10.2. The normalized spacial score (nSPS) is 16.1. The maximum absolute atomic E-state index is 10.2. The molecule has 0 aliphatic heterocycles. The minimum atomic E-state index is -1.53. The lowest BCUT2D eigenvalue weighted by molar-refractivity contribution is 0.0528. The van der Waals surface area contributed by atoms with Crippen LogP contribution in [-0.4, -0.2) is 14.8 Å². The Bertz CT molecular complexity index is 309. The number of rotatable bonds is 3. The average Bonchev–Trinajstić information content (AvgIpc) is 2.16. The van der Waals surface area contributed by atoms with Crippen molar-refractivity contribution in [1.29, 1.82) is 0 Å². The van der Waals surface area contributed by atoms with Crippen molar-refractivity contribution in [2.45, 2.75) is 15.8 Å². The van der Waals surface area contributed by atoms with Gasteiger partial charge in [0.05, 0.1) is 5.88 Å². The molecular weight excluding hydrogens is 278 g/mol. The predicted octanol–water partition coefficient (Wildman–Crippen LogP) is 3.87. The van der Waals surface area contributed by atoms with Crippen LogP contribution in [0.15, 0.2) is 30.3 Å². The van der Waals surface area contributed by atoms with Gasteiger partial charge in [0.25, 0.3) is 0 Å². The van der Waals surface area contributed by atoms with Crippen molar-refractivity contribution in [3.8, 4) is 0 Å². The lowest BCUT2D eigenvalue weighted by Gasteiger charge is -2.29. The van der Waals surface area contributed by atoms with Gasteiger partial charge in [0.15, 0.2) is 3.79 Å². The Morgan fingerprint density at radius 3 is 2.00 bits per heavy atom. The lowest BCUT2D eigenvalue weighted by atomic mass is 9.93. The molecule has 0 amide bonds. The molecule has 0 radical (unpaired) electrons. The van der Waals surface area contributed by atoms with Crippen LogP contribution in [0.25, 0.3) is 0 Å². The first kappa shape index (κ1) is 13.4. The minimum absolute atomic E-state index is 0.0229. The third-order valence-electron chi connectivity index (χ3n) is 2.03. The van der Waals surface area contributed by atoms with Gasteiger partial charge in [0.1, 0.15) is 5.60 Å². The summed E-state index contributed by atoms with van der Waals surface area (Å²) in [6.07, 6.45) is -0.0435. The smallest absolute Gasteiger partial charge is 0.193 e. The van der Waals surface area contributed by atoms with E-state index in [1.165, 1.54) is 0 Å². The first-order chi connectivity index (χ1) is 6.87. The summed E-state index contributed by atoms with van der Waals surface area (Å²) in [6, 6.07) is 8.93. The molecule has 0 heterocycles. The Hall–Kier alpha value is 0.340. The SMILES string of the molecule is OC(CCl)(CC(Cl)(Cl)Cl)c1ccccc1. The van der Waals surface area contributed by atoms with Crippen LogP contribution < -0.4 is 0 Å². The second kappa shape index (κ2) is 5.11. The molecule has 0 saturated heterocycles. The van der Waals surface area contributed by atoms with Crippen molar-refractivity contribution in [3.63, 3.8) is 0 Å². The topological polar surface area (TPSA) is 20.2 Å². The summed E-state index contributed by atoms with van der Waals surface area (Å²) in [5.41, 5.74) is -0.667. The Morgan fingerprint density at radius 1 is 1.07 bits per heavy atom. The zero-order valence-corrected chi connectivity index (χ0v) is 10.8. The molecule has 0 aliphatic rings. The second-order valence-corrected chi connectivity index (χ2v) is 6.11. The van der Waals surface area contributed by atoms with Gasteiger partial charge in [-0.25, -0.2) is 0 Å². The molecule has 84 valence electrons. The van der Waals surface area contributed by atoms with E-state index in [0.717, 1.165) is 0 Å². The van der Waals surface area contributed by atoms with Crippen LogP contribution >= 0.6 is 46.4 Å². The zero-order chi connectivity index (χ0) is 11.5. The van der Waals surface area contributed by atoms with E-state index in [1.807, 2.05) is 6.07 Å². The molecule has 1 rings (SSSR count). The fraction of sp³-hybridized carbons (Fsp3) is 0.400. The second-order valence-electron chi connectivity index (χ2n) is 3.32. The number of hydrogen-bond donors (Lipinski definition) is 1. The molecule has 0 fully saturated rings. The molecule has 0 spiro atoms. The summed E-state index contributed by atoms with van der Waals surface area (Å²) in [7, 11) is 0. The molecule has 1 aromatic rings. The van der Waals surface area contributed by atoms with E-state index in [9.17, 15) is 5.11 Å². The third kappa shape index (κ3) is 4.01. The van der Waals surface area contributed by atoms with Crippen molar-refractivity contribution in [2.75, 3.05) is 5.88 Å². The Morgan fingerprint density at radius 2 is 1.60 bits per heavy atom. The van der Waals surface area contributed by atoms with Gasteiger partial charge in [-0.2, -0.15) is 0 Å². The Labute approximate surface area is 109 Å². The molecule has 1 nitrogen and oxygen atoms in total. The predicted molar refractivity (Wildman–Crippen MR) is 66.0 cm³/mol. The number of aliphatic hydroxyl groups is 1. The van der Waals surface area contributed by atoms with E-state index < -0.39 is 9.39 Å². The number of halogens is 4. The lowest BCUT2D eigenvalue weighted by Crippen LogP contribution is -2.32. The van der Waals surface area contributed by atoms with Gasteiger partial charge in [0.2, 0.25) is 0 Å². The average molecular weight is 288 g/mol. The number of benzene rings is 1. The number of hydrogen-bond acceptors (Lipinski definition) is 1. The maximum Gasteiger partial charge on any atom is 0.193 e. The van der Waals surface area contributed by atoms with Crippen molar-refractivity contribution in [2.24, 2.45) is 0 Å². The molecule has 1 aromatic carbocycles. The third-order valence-corrected chi connectivity index (χ3v) is 2.87. The van der Waals surface area contributed by atoms with E-state index in [4.69, 9.17) is 46.4 Å². The quantitative estimate of drug-likeness (QED) is 0.837.